The van der Waals surface area contributed by atoms with Gasteiger partial charge in [0.1, 0.15) is 0 Å². The van der Waals surface area contributed by atoms with Crippen LogP contribution in [0.15, 0.2) is 72.8 Å². The van der Waals surface area contributed by atoms with Crippen LogP contribution in [0.3, 0.4) is 0 Å². The molecular formula is C40H50BrClF9N3O8Pd. The van der Waals surface area contributed by atoms with Gasteiger partial charge in [0.15, 0.2) is 0 Å². The Balaban J connectivity index is -0.000000177. The first-order valence-corrected chi connectivity index (χ1v) is 19.1. The maximum Gasteiger partial charge on any atom is 0.389 e. The van der Waals surface area contributed by atoms with E-state index in [1.807, 2.05) is 12.1 Å². The maximum absolute atomic E-state index is 12.2. The second-order valence-electron chi connectivity index (χ2n) is 11.7. The molecule has 0 bridgehead atoms. The van der Waals surface area contributed by atoms with Gasteiger partial charge in [-0.15, -0.1) is 11.6 Å². The van der Waals surface area contributed by atoms with Gasteiger partial charge in [0.2, 0.25) is 0 Å². The molecule has 3 rings (SSSR count). The molecule has 0 saturated carbocycles. The zero-order chi connectivity index (χ0) is 46.5. The molecule has 0 fully saturated rings. The van der Waals surface area contributed by atoms with Crippen LogP contribution >= 0.6 is 27.5 Å². The molecule has 0 saturated heterocycles. The zero-order valence-electron chi connectivity index (χ0n) is 34.1. The van der Waals surface area contributed by atoms with E-state index in [9.17, 15) is 53.9 Å². The van der Waals surface area contributed by atoms with Crippen LogP contribution in [-0.4, -0.2) is 87.0 Å². The molecule has 0 amide bonds. The molecule has 2 atom stereocenters. The van der Waals surface area contributed by atoms with E-state index >= 15 is 0 Å². The number of alkyl halides is 11. The fraction of sp³-hybridized carbons (Fsp3) is 0.425. The molecule has 0 aromatic heterocycles. The van der Waals surface area contributed by atoms with Crippen molar-refractivity contribution in [2.45, 2.75) is 68.9 Å². The monoisotopic (exact) mass is 1090 g/mol. The van der Waals surface area contributed by atoms with Gasteiger partial charge >= 0.3 is 36.4 Å². The second kappa shape index (κ2) is 36.1. The number of hydrogen-bond donors (Lipinski definition) is 1. The van der Waals surface area contributed by atoms with Crippen LogP contribution in [0.2, 0.25) is 0 Å². The van der Waals surface area contributed by atoms with E-state index in [2.05, 4.69) is 41.7 Å². The number of nitrogens with two attached hydrogens (primary N) is 1. The molecule has 0 aliphatic heterocycles. The smallest absolute Gasteiger partial charge is 0.389 e. The Labute approximate surface area is 387 Å². The van der Waals surface area contributed by atoms with Crippen LogP contribution in [0.5, 0.6) is 0 Å². The van der Waals surface area contributed by atoms with Crippen LogP contribution in [0.1, 0.15) is 93.1 Å². The number of methoxy groups -OCH3 is 3. The number of nitrogens with zero attached hydrogens (tertiary/aromatic N) is 2. The van der Waals surface area contributed by atoms with Crippen molar-refractivity contribution in [1.82, 2.24) is 0 Å². The van der Waals surface area contributed by atoms with Crippen molar-refractivity contribution >= 4 is 45.4 Å². The van der Waals surface area contributed by atoms with Crippen LogP contribution in [0.4, 0.5) is 39.5 Å². The number of halogens is 11. The average Bonchev–Trinajstić information content (AvgIpc) is 3.21. The first-order chi connectivity index (χ1) is 28.1. The Kier molecular flexibility index (Phi) is 38.9. The summed E-state index contributed by atoms with van der Waals surface area (Å²) in [6, 6.07) is 22.7. The first-order valence-electron chi connectivity index (χ1n) is 17.2. The van der Waals surface area contributed by atoms with Crippen molar-refractivity contribution in [1.29, 1.82) is 10.5 Å². The molecule has 0 aliphatic rings. The predicted molar refractivity (Wildman–Crippen MR) is 219 cm³/mol. The standard InChI is InChI=1S/C13H16F3NO2.C13H12F3NO2.C10H9NO2.C3H4BrF3.CH3Cl.2H2O.Pd.H2/c2*1-19-12(18)10-4-2-9(3-5-10)11(8-17)6-7-13(14,15)16;1-13-10(12)9-4-2-8(3-5-9)6-7-11;4-2-1-3(5,6)7;1-2;;;;/h2-5,11H,6-8,17H2,1H3;2-5,11H,6-7H2,1H3;2-5H,6H2,1H3;1-2H2;1H3;2*1H2;;1H. The Morgan fingerprint density at radius 1 is 0.651 bits per heavy atom. The average molecular weight is 1090 g/mol. The number of hydrogen-bond acceptors (Lipinski definition) is 9. The predicted octanol–water partition coefficient (Wildman–Crippen LogP) is 9.60. The molecule has 2 unspecified atom stereocenters. The SMILES string of the molecule is CCl.COC(=O)c1ccc(C(C#N)CCC(F)(F)F)cc1.COC(=O)c1ccc(C(CN)CCC(F)(F)F)cc1.COC(=O)c1ccc(CC#N)cc1.FC(F)(F)CCBr.O.O.[HH].[Pd]. The number of carbonyl (C=O) groups excluding carboxylic acids is 3. The number of esters is 3. The molecule has 0 spiro atoms. The number of ether oxygens (including phenoxy) is 3. The molecule has 11 nitrogen and oxygen atoms in total. The molecule has 3 aromatic rings. The van der Waals surface area contributed by atoms with Gasteiger partial charge in [-0.2, -0.15) is 50.0 Å². The van der Waals surface area contributed by atoms with Crippen molar-refractivity contribution in [3.05, 3.63) is 106 Å². The summed E-state index contributed by atoms with van der Waals surface area (Å²) in [5.41, 5.74) is 8.70. The van der Waals surface area contributed by atoms with Gasteiger partial charge in [0.25, 0.3) is 0 Å². The largest absolute Gasteiger partial charge is 0.465 e. The van der Waals surface area contributed by atoms with Crippen molar-refractivity contribution in [3.8, 4) is 12.1 Å². The summed E-state index contributed by atoms with van der Waals surface area (Å²) in [5.74, 6) is -2.58. The number of rotatable bonds is 12. The number of benzene rings is 3. The van der Waals surface area contributed by atoms with E-state index in [1.54, 1.807) is 36.4 Å². The summed E-state index contributed by atoms with van der Waals surface area (Å²) in [5, 5.41) is 17.3. The van der Waals surface area contributed by atoms with Gasteiger partial charge in [0.05, 0.1) is 68.9 Å². The van der Waals surface area contributed by atoms with Gasteiger partial charge in [-0.3, -0.25) is 0 Å². The normalized spacial score (nSPS) is 11.0. The van der Waals surface area contributed by atoms with Crippen LogP contribution < -0.4 is 5.73 Å². The van der Waals surface area contributed by atoms with Gasteiger partial charge in [0, 0.05) is 46.4 Å². The summed E-state index contributed by atoms with van der Waals surface area (Å²) in [7, 11) is 3.84. The van der Waals surface area contributed by atoms with Crippen molar-refractivity contribution < 1.29 is 101 Å². The summed E-state index contributed by atoms with van der Waals surface area (Å²) in [6.07, 6.45) is -13.6. The third kappa shape index (κ3) is 32.1. The fourth-order valence-electron chi connectivity index (χ4n) is 4.43. The minimum atomic E-state index is -4.28. The van der Waals surface area contributed by atoms with Crippen molar-refractivity contribution in [2.24, 2.45) is 5.73 Å². The van der Waals surface area contributed by atoms with Crippen LogP contribution in [-0.2, 0) is 41.1 Å². The van der Waals surface area contributed by atoms with E-state index < -0.39 is 55.6 Å². The van der Waals surface area contributed by atoms with E-state index in [1.165, 1.54) is 64.1 Å². The van der Waals surface area contributed by atoms with Crippen LogP contribution in [0.25, 0.3) is 0 Å². The molecule has 23 heteroatoms. The first kappa shape index (κ1) is 67.8. The summed E-state index contributed by atoms with van der Waals surface area (Å²) in [6.45, 7) is 0.133. The maximum atomic E-state index is 12.2. The minimum Gasteiger partial charge on any atom is -0.465 e. The minimum absolute atomic E-state index is 0. The van der Waals surface area contributed by atoms with E-state index in [0.717, 1.165) is 5.56 Å². The quantitative estimate of drug-likeness (QED) is 0.0600. The van der Waals surface area contributed by atoms with E-state index in [4.69, 9.17) is 16.3 Å². The molecule has 0 aliphatic carbocycles. The van der Waals surface area contributed by atoms with Crippen molar-refractivity contribution in [2.75, 3.05) is 39.6 Å². The van der Waals surface area contributed by atoms with E-state index in [-0.39, 0.29) is 69.4 Å². The molecule has 63 heavy (non-hydrogen) atoms. The second-order valence-corrected chi connectivity index (χ2v) is 12.5. The van der Waals surface area contributed by atoms with E-state index in [0.29, 0.717) is 34.2 Å². The molecule has 3 aromatic carbocycles. The van der Waals surface area contributed by atoms with Gasteiger partial charge in [-0.1, -0.05) is 52.3 Å². The topological polar surface area (TPSA) is 216 Å². The Hall–Kier alpha value is -4.27. The molecule has 0 radical (unpaired) electrons. The molecule has 0 heterocycles. The Morgan fingerprint density at radius 2 is 0.984 bits per heavy atom. The van der Waals surface area contributed by atoms with Gasteiger partial charge in [-0.05, 0) is 78.4 Å². The van der Waals surface area contributed by atoms with Gasteiger partial charge < -0.3 is 30.9 Å². The third-order valence-corrected chi connectivity index (χ3v) is 7.90. The summed E-state index contributed by atoms with van der Waals surface area (Å²) in [4.78, 5) is 33.4. The molecule has 6 N–H and O–H groups in total. The van der Waals surface area contributed by atoms with Crippen LogP contribution in [0, 0.1) is 22.7 Å². The molecular weight excluding hydrogens is 1040 g/mol. The Bertz CT molecular complexity index is 1780. The molecule has 360 valence electrons. The van der Waals surface area contributed by atoms with Crippen molar-refractivity contribution in [3.63, 3.8) is 0 Å². The zero-order valence-corrected chi connectivity index (χ0v) is 38.0. The fourth-order valence-corrected chi connectivity index (χ4v) is 4.88. The summed E-state index contributed by atoms with van der Waals surface area (Å²) < 4.78 is 120. The number of nitriles is 2. The number of carbonyl (C=O) groups is 3. The van der Waals surface area contributed by atoms with Gasteiger partial charge in [-0.25, -0.2) is 14.4 Å². The third-order valence-electron chi connectivity index (χ3n) is 7.51. The summed E-state index contributed by atoms with van der Waals surface area (Å²) >= 11 is 7.30. The Morgan fingerprint density at radius 3 is 1.25 bits per heavy atom.